The zero-order valence-corrected chi connectivity index (χ0v) is 11.0. The number of rotatable bonds is 3. The molecular weight excluding hydrogens is 244 g/mol. The van der Waals surface area contributed by atoms with Gasteiger partial charge in [-0.15, -0.1) is 0 Å². The Morgan fingerprint density at radius 2 is 2.05 bits per heavy atom. The zero-order chi connectivity index (χ0) is 13.3. The first kappa shape index (κ1) is 12.8. The lowest BCUT2D eigenvalue weighted by molar-refractivity contribution is 0.0261. The van der Waals surface area contributed by atoms with Crippen LogP contribution in [0.3, 0.4) is 0 Å². The van der Waals surface area contributed by atoms with Gasteiger partial charge in [-0.05, 0) is 37.0 Å². The molecule has 1 saturated carbocycles. The highest BCUT2D eigenvalue weighted by Crippen LogP contribution is 2.45. The van der Waals surface area contributed by atoms with Crippen LogP contribution in [0.4, 0.5) is 0 Å². The Balaban J connectivity index is 1.99. The van der Waals surface area contributed by atoms with Crippen LogP contribution in [0.2, 0.25) is 0 Å². The van der Waals surface area contributed by atoms with Gasteiger partial charge < -0.3 is 19.7 Å². The average Bonchev–Trinajstić information content (AvgIpc) is 2.89. The topological polar surface area (TPSA) is 58.9 Å². The molecule has 19 heavy (non-hydrogen) atoms. The largest absolute Gasteiger partial charge is 0.454 e. The van der Waals surface area contributed by atoms with Crippen molar-refractivity contribution in [1.82, 2.24) is 0 Å². The van der Waals surface area contributed by atoms with Crippen molar-refractivity contribution in [3.8, 4) is 11.5 Å². The molecule has 1 aromatic carbocycles. The molecule has 0 unspecified atom stereocenters. The van der Waals surface area contributed by atoms with E-state index < -0.39 is 6.10 Å². The maximum atomic E-state index is 10.5. The van der Waals surface area contributed by atoms with Gasteiger partial charge in [-0.1, -0.05) is 18.9 Å². The van der Waals surface area contributed by atoms with E-state index in [4.69, 9.17) is 9.47 Å². The normalized spacial score (nSPS) is 29.5. The molecule has 1 aliphatic carbocycles. The van der Waals surface area contributed by atoms with Crippen molar-refractivity contribution in [2.75, 3.05) is 13.4 Å². The number of benzene rings is 1. The van der Waals surface area contributed by atoms with Crippen LogP contribution in [0.25, 0.3) is 0 Å². The van der Waals surface area contributed by atoms with Gasteiger partial charge in [0.1, 0.15) is 0 Å². The number of hydrogen-bond donors (Lipinski definition) is 2. The average molecular weight is 264 g/mol. The van der Waals surface area contributed by atoms with Gasteiger partial charge in [0.15, 0.2) is 11.5 Å². The first-order valence-corrected chi connectivity index (χ1v) is 6.95. The molecule has 2 atom stereocenters. The number of hydrogen-bond acceptors (Lipinski definition) is 4. The molecule has 1 fully saturated rings. The van der Waals surface area contributed by atoms with Gasteiger partial charge >= 0.3 is 0 Å². The van der Waals surface area contributed by atoms with Crippen molar-refractivity contribution in [3.63, 3.8) is 0 Å². The van der Waals surface area contributed by atoms with Gasteiger partial charge in [0.05, 0.1) is 6.10 Å². The van der Waals surface area contributed by atoms with E-state index in [0.29, 0.717) is 6.42 Å². The lowest BCUT2D eigenvalue weighted by Crippen LogP contribution is -2.43. The molecule has 4 heteroatoms. The Hall–Kier alpha value is -1.26. The first-order chi connectivity index (χ1) is 9.26. The molecule has 0 spiro atoms. The van der Waals surface area contributed by atoms with E-state index in [1.165, 1.54) is 0 Å². The van der Waals surface area contributed by atoms with Crippen LogP contribution in [-0.2, 0) is 5.41 Å². The van der Waals surface area contributed by atoms with Gasteiger partial charge in [0.25, 0.3) is 0 Å². The monoisotopic (exact) mass is 264 g/mol. The van der Waals surface area contributed by atoms with E-state index in [1.807, 2.05) is 18.2 Å². The third kappa shape index (κ3) is 2.09. The number of fused-ring (bicyclic) bond motifs is 1. The Morgan fingerprint density at radius 1 is 1.21 bits per heavy atom. The van der Waals surface area contributed by atoms with Gasteiger partial charge in [-0.25, -0.2) is 0 Å². The summed E-state index contributed by atoms with van der Waals surface area (Å²) in [5.74, 6) is 1.50. The van der Waals surface area contributed by atoms with E-state index in [2.05, 4.69) is 0 Å². The van der Waals surface area contributed by atoms with Crippen molar-refractivity contribution in [3.05, 3.63) is 23.8 Å². The quantitative estimate of drug-likeness (QED) is 0.876. The molecule has 0 radical (unpaired) electrons. The molecule has 0 amide bonds. The molecule has 2 N–H and O–H groups in total. The number of aliphatic hydroxyl groups is 2. The fourth-order valence-corrected chi connectivity index (χ4v) is 3.40. The summed E-state index contributed by atoms with van der Waals surface area (Å²) in [5.41, 5.74) is 0.714. The lowest BCUT2D eigenvalue weighted by atomic mass is 9.65. The Morgan fingerprint density at radius 3 is 2.84 bits per heavy atom. The minimum Gasteiger partial charge on any atom is -0.454 e. The van der Waals surface area contributed by atoms with E-state index in [9.17, 15) is 10.2 Å². The second-order valence-electron chi connectivity index (χ2n) is 5.46. The molecule has 1 heterocycles. The molecule has 2 aliphatic rings. The lowest BCUT2D eigenvalue weighted by Gasteiger charge is -2.42. The molecule has 104 valence electrons. The van der Waals surface area contributed by atoms with Gasteiger partial charge in [0.2, 0.25) is 6.79 Å². The minimum absolute atomic E-state index is 0.0888. The second kappa shape index (κ2) is 5.02. The third-order valence-electron chi connectivity index (χ3n) is 4.49. The predicted molar refractivity (Wildman–Crippen MR) is 70.4 cm³/mol. The SMILES string of the molecule is OCC[C@@]1(c2ccc3c(c2)OCO3)CCCC[C@H]1O. The maximum Gasteiger partial charge on any atom is 0.231 e. The zero-order valence-electron chi connectivity index (χ0n) is 11.0. The van der Waals surface area contributed by atoms with Crippen molar-refractivity contribution in [2.24, 2.45) is 0 Å². The highest BCUT2D eigenvalue weighted by molar-refractivity contribution is 5.47. The first-order valence-electron chi connectivity index (χ1n) is 6.95. The van der Waals surface area contributed by atoms with Gasteiger partial charge in [-0.2, -0.15) is 0 Å². The smallest absolute Gasteiger partial charge is 0.231 e. The second-order valence-corrected chi connectivity index (χ2v) is 5.46. The fourth-order valence-electron chi connectivity index (χ4n) is 3.40. The molecule has 1 aromatic rings. The van der Waals surface area contributed by atoms with Crippen molar-refractivity contribution in [2.45, 2.75) is 43.6 Å². The molecular formula is C15H20O4. The van der Waals surface area contributed by atoms with Crippen LogP contribution in [0, 0.1) is 0 Å². The predicted octanol–water partition coefficient (Wildman–Crippen LogP) is 1.97. The molecule has 0 aromatic heterocycles. The summed E-state index contributed by atoms with van der Waals surface area (Å²) in [7, 11) is 0. The number of aliphatic hydroxyl groups excluding tert-OH is 2. The summed E-state index contributed by atoms with van der Waals surface area (Å²) >= 11 is 0. The van der Waals surface area contributed by atoms with Crippen LogP contribution in [0.1, 0.15) is 37.7 Å². The molecule has 1 aliphatic heterocycles. The van der Waals surface area contributed by atoms with Crippen LogP contribution in [0.15, 0.2) is 18.2 Å². The third-order valence-corrected chi connectivity index (χ3v) is 4.49. The van der Waals surface area contributed by atoms with E-state index in [0.717, 1.165) is 42.7 Å². The Kier molecular flexibility index (Phi) is 3.37. The highest BCUT2D eigenvalue weighted by atomic mass is 16.7. The van der Waals surface area contributed by atoms with Crippen molar-refractivity contribution >= 4 is 0 Å². The summed E-state index contributed by atoms with van der Waals surface area (Å²) in [5, 5.41) is 19.9. The summed E-state index contributed by atoms with van der Waals surface area (Å²) < 4.78 is 10.7. The summed E-state index contributed by atoms with van der Waals surface area (Å²) in [6.07, 6.45) is 4.05. The maximum absolute atomic E-state index is 10.5. The van der Waals surface area contributed by atoms with E-state index >= 15 is 0 Å². The van der Waals surface area contributed by atoms with Crippen LogP contribution in [-0.4, -0.2) is 29.7 Å². The fraction of sp³-hybridized carbons (Fsp3) is 0.600. The molecule has 3 rings (SSSR count). The summed E-state index contributed by atoms with van der Waals surface area (Å²) in [6.45, 7) is 0.347. The molecule has 0 bridgehead atoms. The standard InChI is InChI=1S/C15H20O4/c16-8-7-15(6-2-1-3-14(15)17)11-4-5-12-13(9-11)19-10-18-12/h4-5,9,14,16-17H,1-3,6-8,10H2/t14-,15-/m1/s1. The van der Waals surface area contributed by atoms with Gasteiger partial charge in [0, 0.05) is 12.0 Å². The molecule has 4 nitrogen and oxygen atoms in total. The Labute approximate surface area is 113 Å². The van der Waals surface area contributed by atoms with Crippen molar-refractivity contribution < 1.29 is 19.7 Å². The minimum atomic E-state index is -0.395. The van der Waals surface area contributed by atoms with E-state index in [1.54, 1.807) is 0 Å². The molecule has 0 saturated heterocycles. The van der Waals surface area contributed by atoms with Crippen molar-refractivity contribution in [1.29, 1.82) is 0 Å². The summed E-state index contributed by atoms with van der Waals surface area (Å²) in [4.78, 5) is 0. The van der Waals surface area contributed by atoms with Crippen LogP contribution >= 0.6 is 0 Å². The Bertz CT molecular complexity index is 455. The number of ether oxygens (including phenoxy) is 2. The van der Waals surface area contributed by atoms with Crippen LogP contribution in [0.5, 0.6) is 11.5 Å². The van der Waals surface area contributed by atoms with E-state index in [-0.39, 0.29) is 18.8 Å². The summed E-state index contributed by atoms with van der Waals surface area (Å²) in [6, 6.07) is 5.86. The van der Waals surface area contributed by atoms with Crippen LogP contribution < -0.4 is 9.47 Å². The van der Waals surface area contributed by atoms with Gasteiger partial charge in [-0.3, -0.25) is 0 Å². The highest BCUT2D eigenvalue weighted by Gasteiger charge is 2.41.